The number of rotatable bonds is 6. The number of nitrogens with two attached hydrogens (primary N) is 1. The van der Waals surface area contributed by atoms with E-state index >= 15 is 0 Å². The summed E-state index contributed by atoms with van der Waals surface area (Å²) in [7, 11) is 1.69. The molecule has 0 fully saturated rings. The molecule has 0 saturated carbocycles. The largest absolute Gasteiger partial charge is 0.389 e. The van der Waals surface area contributed by atoms with Gasteiger partial charge in [0, 0.05) is 36.0 Å². The normalized spacial score (nSPS) is 10.1. The van der Waals surface area contributed by atoms with Gasteiger partial charge in [-0.05, 0) is 34.5 Å². The lowest BCUT2D eigenvalue weighted by atomic mass is 10.1. The molecule has 0 aliphatic rings. The Morgan fingerprint density at radius 3 is 2.94 bits per heavy atom. The van der Waals surface area contributed by atoms with E-state index in [4.69, 9.17) is 22.7 Å². The van der Waals surface area contributed by atoms with E-state index in [0.29, 0.717) is 4.99 Å². The zero-order chi connectivity index (χ0) is 12.0. The molecule has 1 aromatic rings. The van der Waals surface area contributed by atoms with E-state index < -0.39 is 0 Å². The van der Waals surface area contributed by atoms with Crippen molar-refractivity contribution in [2.24, 2.45) is 5.73 Å². The molecule has 0 atom stereocenters. The van der Waals surface area contributed by atoms with Crippen LogP contribution < -0.4 is 11.1 Å². The Hall–Kier alpha value is -0.650. The van der Waals surface area contributed by atoms with Gasteiger partial charge in [-0.15, -0.1) is 0 Å². The highest BCUT2D eigenvalue weighted by Crippen LogP contribution is 2.24. The molecule has 0 amide bonds. The van der Waals surface area contributed by atoms with Crippen molar-refractivity contribution in [2.45, 2.75) is 6.42 Å². The number of anilines is 1. The second-order valence-corrected chi connectivity index (χ2v) is 4.59. The molecule has 1 aromatic carbocycles. The van der Waals surface area contributed by atoms with Crippen molar-refractivity contribution in [3.63, 3.8) is 0 Å². The number of benzene rings is 1. The SMILES string of the molecule is COCCCNc1cccc(Br)c1C(N)=S. The monoisotopic (exact) mass is 302 g/mol. The Bertz CT molecular complexity index is 371. The van der Waals surface area contributed by atoms with Crippen LogP contribution in [0.25, 0.3) is 0 Å². The van der Waals surface area contributed by atoms with Crippen molar-refractivity contribution >= 4 is 38.8 Å². The Morgan fingerprint density at radius 2 is 2.31 bits per heavy atom. The van der Waals surface area contributed by atoms with Gasteiger partial charge < -0.3 is 15.8 Å². The third kappa shape index (κ3) is 3.73. The number of ether oxygens (including phenoxy) is 1. The Kier molecular flexibility index (Phi) is 5.73. The van der Waals surface area contributed by atoms with Crippen LogP contribution in [0.15, 0.2) is 22.7 Å². The minimum atomic E-state index is 0.390. The number of hydrogen-bond acceptors (Lipinski definition) is 3. The summed E-state index contributed by atoms with van der Waals surface area (Å²) in [6.07, 6.45) is 0.944. The van der Waals surface area contributed by atoms with Crippen LogP contribution in [0.5, 0.6) is 0 Å². The van der Waals surface area contributed by atoms with Gasteiger partial charge in [-0.3, -0.25) is 0 Å². The van der Waals surface area contributed by atoms with Gasteiger partial charge in [-0.25, -0.2) is 0 Å². The lowest BCUT2D eigenvalue weighted by Gasteiger charge is -2.12. The molecule has 1 rings (SSSR count). The topological polar surface area (TPSA) is 47.3 Å². The first-order valence-electron chi connectivity index (χ1n) is 4.98. The van der Waals surface area contributed by atoms with Gasteiger partial charge in [-0.1, -0.05) is 18.3 Å². The number of methoxy groups -OCH3 is 1. The standard InChI is InChI=1S/C11H15BrN2OS/c1-15-7-3-6-14-9-5-2-4-8(12)10(9)11(13)16/h2,4-5,14H,3,6-7H2,1H3,(H2,13,16). The lowest BCUT2D eigenvalue weighted by molar-refractivity contribution is 0.198. The Balaban J connectivity index is 2.71. The minimum Gasteiger partial charge on any atom is -0.389 e. The molecule has 0 bridgehead atoms. The van der Waals surface area contributed by atoms with E-state index in [1.807, 2.05) is 18.2 Å². The highest BCUT2D eigenvalue weighted by atomic mass is 79.9. The Morgan fingerprint density at radius 1 is 1.56 bits per heavy atom. The maximum Gasteiger partial charge on any atom is 0.107 e. The van der Waals surface area contributed by atoms with Crippen molar-refractivity contribution in [1.82, 2.24) is 0 Å². The molecule has 0 saturated heterocycles. The molecule has 88 valence electrons. The number of thiocarbonyl (C=S) groups is 1. The van der Waals surface area contributed by atoms with Gasteiger partial charge in [0.05, 0.1) is 0 Å². The third-order valence-electron chi connectivity index (χ3n) is 2.10. The number of hydrogen-bond donors (Lipinski definition) is 2. The zero-order valence-electron chi connectivity index (χ0n) is 9.13. The lowest BCUT2D eigenvalue weighted by Crippen LogP contribution is -2.15. The van der Waals surface area contributed by atoms with Crippen LogP contribution in [-0.4, -0.2) is 25.2 Å². The first-order chi connectivity index (χ1) is 7.66. The molecule has 3 nitrogen and oxygen atoms in total. The molecule has 0 unspecified atom stereocenters. The van der Waals surface area contributed by atoms with Gasteiger partial charge in [0.25, 0.3) is 0 Å². The summed E-state index contributed by atoms with van der Waals surface area (Å²) in [4.78, 5) is 0.390. The molecule has 0 aliphatic heterocycles. The first kappa shape index (κ1) is 13.4. The quantitative estimate of drug-likeness (QED) is 0.626. The van der Waals surface area contributed by atoms with Crippen molar-refractivity contribution in [3.05, 3.63) is 28.2 Å². The van der Waals surface area contributed by atoms with E-state index in [1.165, 1.54) is 0 Å². The van der Waals surface area contributed by atoms with Crippen LogP contribution in [0, 0.1) is 0 Å². The van der Waals surface area contributed by atoms with Gasteiger partial charge in [-0.2, -0.15) is 0 Å². The van der Waals surface area contributed by atoms with E-state index in [2.05, 4.69) is 21.2 Å². The highest BCUT2D eigenvalue weighted by molar-refractivity contribution is 9.10. The van der Waals surface area contributed by atoms with Gasteiger partial charge >= 0.3 is 0 Å². The van der Waals surface area contributed by atoms with Crippen LogP contribution >= 0.6 is 28.1 Å². The smallest absolute Gasteiger partial charge is 0.107 e. The predicted octanol–water partition coefficient (Wildman–Crippen LogP) is 2.53. The van der Waals surface area contributed by atoms with E-state index in [-0.39, 0.29) is 0 Å². The summed E-state index contributed by atoms with van der Waals surface area (Å²) in [6, 6.07) is 5.84. The molecule has 0 heterocycles. The van der Waals surface area contributed by atoms with Crippen molar-refractivity contribution in [2.75, 3.05) is 25.6 Å². The maximum atomic E-state index is 5.68. The van der Waals surface area contributed by atoms with Gasteiger partial charge in [0.15, 0.2) is 0 Å². The number of halogens is 1. The first-order valence-corrected chi connectivity index (χ1v) is 6.18. The molecular formula is C11H15BrN2OS. The van der Waals surface area contributed by atoms with Crippen LogP contribution in [0.1, 0.15) is 12.0 Å². The van der Waals surface area contributed by atoms with Crippen molar-refractivity contribution < 1.29 is 4.74 Å². The molecule has 0 radical (unpaired) electrons. The van der Waals surface area contributed by atoms with Crippen LogP contribution in [0.3, 0.4) is 0 Å². The molecule has 0 aromatic heterocycles. The third-order valence-corrected chi connectivity index (χ3v) is 2.97. The molecule has 0 aliphatic carbocycles. The number of nitrogens with one attached hydrogen (secondary N) is 1. The molecular weight excluding hydrogens is 288 g/mol. The molecule has 5 heteroatoms. The van der Waals surface area contributed by atoms with E-state index in [9.17, 15) is 0 Å². The van der Waals surface area contributed by atoms with E-state index in [1.54, 1.807) is 7.11 Å². The predicted molar refractivity (Wildman–Crippen MR) is 75.0 cm³/mol. The minimum absolute atomic E-state index is 0.390. The summed E-state index contributed by atoms with van der Waals surface area (Å²) >= 11 is 8.46. The Labute approximate surface area is 109 Å². The summed E-state index contributed by atoms with van der Waals surface area (Å²) in [5.74, 6) is 0. The summed E-state index contributed by atoms with van der Waals surface area (Å²) in [5, 5.41) is 3.29. The maximum absolute atomic E-state index is 5.68. The summed E-state index contributed by atoms with van der Waals surface area (Å²) in [6.45, 7) is 1.57. The van der Waals surface area contributed by atoms with Gasteiger partial charge in [0.1, 0.15) is 4.99 Å². The van der Waals surface area contributed by atoms with Crippen LogP contribution in [0.2, 0.25) is 0 Å². The molecule has 0 spiro atoms. The average Bonchev–Trinajstić information content (AvgIpc) is 2.24. The van der Waals surface area contributed by atoms with Crippen molar-refractivity contribution in [1.29, 1.82) is 0 Å². The highest BCUT2D eigenvalue weighted by Gasteiger charge is 2.08. The van der Waals surface area contributed by atoms with E-state index in [0.717, 1.165) is 35.3 Å². The fourth-order valence-electron chi connectivity index (χ4n) is 1.36. The second kappa shape index (κ2) is 6.83. The van der Waals surface area contributed by atoms with Crippen LogP contribution in [0.4, 0.5) is 5.69 Å². The molecule has 3 N–H and O–H groups in total. The van der Waals surface area contributed by atoms with Gasteiger partial charge in [0.2, 0.25) is 0 Å². The fourth-order valence-corrected chi connectivity index (χ4v) is 2.29. The summed E-state index contributed by atoms with van der Waals surface area (Å²) < 4.78 is 5.90. The fraction of sp³-hybridized carbons (Fsp3) is 0.364. The summed E-state index contributed by atoms with van der Waals surface area (Å²) in [5.41, 5.74) is 7.50. The zero-order valence-corrected chi connectivity index (χ0v) is 11.5. The molecule has 16 heavy (non-hydrogen) atoms. The second-order valence-electron chi connectivity index (χ2n) is 3.30. The average molecular weight is 303 g/mol. The van der Waals surface area contributed by atoms with Crippen LogP contribution in [-0.2, 0) is 4.74 Å². The van der Waals surface area contributed by atoms with Crippen molar-refractivity contribution in [3.8, 4) is 0 Å².